The fraction of sp³-hybridized carbons (Fsp3) is 0.533. The molecule has 1 aromatic carbocycles. The van der Waals surface area contributed by atoms with E-state index in [2.05, 4.69) is 5.32 Å². The van der Waals surface area contributed by atoms with Gasteiger partial charge in [-0.3, -0.25) is 4.79 Å². The summed E-state index contributed by atoms with van der Waals surface area (Å²) in [5.41, 5.74) is 0.942. The first-order chi connectivity index (χ1) is 9.60. The number of rotatable bonds is 4. The molecule has 4 nitrogen and oxygen atoms in total. The number of halogens is 1. The van der Waals surface area contributed by atoms with Gasteiger partial charge in [0.25, 0.3) is 5.91 Å². The smallest absolute Gasteiger partial charge is 0.260 e. The molecule has 1 unspecified atom stereocenters. The number of nitrogens with zero attached hydrogens (tertiary/aromatic N) is 1. The van der Waals surface area contributed by atoms with Crippen LogP contribution in [0.4, 0.5) is 0 Å². The Morgan fingerprint density at radius 2 is 2.35 bits per heavy atom. The van der Waals surface area contributed by atoms with E-state index in [-0.39, 0.29) is 12.5 Å². The standard InChI is InChI=1S/C15H21ClN2O2/c1-11-8-12(16)5-6-14(11)20-10-15(19)18-7-3-4-13(9-18)17-2/h5-6,8,13,17H,3-4,7,9-10H2,1-2H3. The van der Waals surface area contributed by atoms with Crippen molar-refractivity contribution in [2.75, 3.05) is 26.7 Å². The molecule has 1 aliphatic heterocycles. The maximum atomic E-state index is 12.2. The SMILES string of the molecule is CNC1CCCN(C(=O)COc2ccc(Cl)cc2C)C1. The number of benzene rings is 1. The zero-order valence-corrected chi connectivity index (χ0v) is 12.7. The Morgan fingerprint density at radius 1 is 1.55 bits per heavy atom. The van der Waals surface area contributed by atoms with Crippen LogP contribution < -0.4 is 10.1 Å². The first kappa shape index (κ1) is 15.1. The lowest BCUT2D eigenvalue weighted by Gasteiger charge is -2.32. The van der Waals surface area contributed by atoms with Crippen molar-refractivity contribution in [3.05, 3.63) is 28.8 Å². The highest BCUT2D eigenvalue weighted by Gasteiger charge is 2.22. The summed E-state index contributed by atoms with van der Waals surface area (Å²) in [4.78, 5) is 14.0. The molecule has 1 N–H and O–H groups in total. The lowest BCUT2D eigenvalue weighted by atomic mass is 10.1. The highest BCUT2D eigenvalue weighted by molar-refractivity contribution is 6.30. The monoisotopic (exact) mass is 296 g/mol. The first-order valence-electron chi connectivity index (χ1n) is 6.94. The van der Waals surface area contributed by atoms with E-state index in [0.717, 1.165) is 31.5 Å². The molecule has 20 heavy (non-hydrogen) atoms. The summed E-state index contributed by atoms with van der Waals surface area (Å²) in [7, 11) is 1.94. The molecule has 1 fully saturated rings. The zero-order valence-electron chi connectivity index (χ0n) is 12.0. The van der Waals surface area contributed by atoms with E-state index in [1.165, 1.54) is 0 Å². The van der Waals surface area contributed by atoms with Gasteiger partial charge >= 0.3 is 0 Å². The molecule has 0 bridgehead atoms. The van der Waals surface area contributed by atoms with Crippen LogP contribution in [0.25, 0.3) is 0 Å². The Balaban J connectivity index is 1.88. The maximum absolute atomic E-state index is 12.2. The third kappa shape index (κ3) is 3.87. The van der Waals surface area contributed by atoms with Gasteiger partial charge in [-0.2, -0.15) is 0 Å². The highest BCUT2D eigenvalue weighted by Crippen LogP contribution is 2.22. The molecule has 0 radical (unpaired) electrons. The second kappa shape index (κ2) is 6.95. The maximum Gasteiger partial charge on any atom is 0.260 e. The van der Waals surface area contributed by atoms with Crippen molar-refractivity contribution in [2.45, 2.75) is 25.8 Å². The number of carbonyl (C=O) groups excluding carboxylic acids is 1. The summed E-state index contributed by atoms with van der Waals surface area (Å²) in [5, 5.41) is 3.90. The molecule has 1 amide bonds. The second-order valence-corrected chi connectivity index (χ2v) is 5.60. The normalized spacial score (nSPS) is 18.9. The number of likely N-dealkylation sites (tertiary alicyclic amines) is 1. The van der Waals surface area contributed by atoms with Gasteiger partial charge in [0, 0.05) is 24.2 Å². The van der Waals surface area contributed by atoms with Gasteiger partial charge in [0.15, 0.2) is 6.61 Å². The van der Waals surface area contributed by atoms with Crippen molar-refractivity contribution in [3.8, 4) is 5.75 Å². The number of hydrogen-bond donors (Lipinski definition) is 1. The Kier molecular flexibility index (Phi) is 5.26. The summed E-state index contributed by atoms with van der Waals surface area (Å²) < 4.78 is 5.61. The lowest BCUT2D eigenvalue weighted by molar-refractivity contribution is -0.134. The van der Waals surface area contributed by atoms with E-state index in [4.69, 9.17) is 16.3 Å². The van der Waals surface area contributed by atoms with Gasteiger partial charge in [0.1, 0.15) is 5.75 Å². The molecular weight excluding hydrogens is 276 g/mol. The van der Waals surface area contributed by atoms with Gasteiger partial charge in [0.2, 0.25) is 0 Å². The molecule has 1 heterocycles. The molecule has 1 atom stereocenters. The molecule has 110 valence electrons. The second-order valence-electron chi connectivity index (χ2n) is 5.17. The summed E-state index contributed by atoms with van der Waals surface area (Å²) in [5.74, 6) is 0.754. The number of carbonyl (C=O) groups is 1. The van der Waals surface area contributed by atoms with Crippen molar-refractivity contribution in [1.82, 2.24) is 10.2 Å². The van der Waals surface area contributed by atoms with Crippen LogP contribution in [0.3, 0.4) is 0 Å². The summed E-state index contributed by atoms with van der Waals surface area (Å²) in [6, 6.07) is 5.80. The topological polar surface area (TPSA) is 41.6 Å². The Bertz CT molecular complexity index is 479. The molecule has 0 spiro atoms. The average molecular weight is 297 g/mol. The van der Waals surface area contributed by atoms with Crippen LogP contribution in [-0.4, -0.2) is 43.6 Å². The van der Waals surface area contributed by atoms with Crippen LogP contribution in [0.15, 0.2) is 18.2 Å². The van der Waals surface area contributed by atoms with Gasteiger partial charge in [-0.25, -0.2) is 0 Å². The molecule has 0 saturated carbocycles. The van der Waals surface area contributed by atoms with Gasteiger partial charge in [-0.15, -0.1) is 0 Å². The van der Waals surface area contributed by atoms with Crippen LogP contribution in [0.2, 0.25) is 5.02 Å². The lowest BCUT2D eigenvalue weighted by Crippen LogP contribution is -2.48. The molecule has 1 aliphatic rings. The Hall–Kier alpha value is -1.26. The molecule has 2 rings (SSSR count). The highest BCUT2D eigenvalue weighted by atomic mass is 35.5. The third-order valence-electron chi connectivity index (χ3n) is 3.67. The fourth-order valence-corrected chi connectivity index (χ4v) is 2.67. The van der Waals surface area contributed by atoms with Crippen LogP contribution in [-0.2, 0) is 4.79 Å². The van der Waals surface area contributed by atoms with Crippen LogP contribution in [0.5, 0.6) is 5.75 Å². The van der Waals surface area contributed by atoms with Gasteiger partial charge in [0.05, 0.1) is 0 Å². The van der Waals surface area contributed by atoms with Crippen molar-refractivity contribution >= 4 is 17.5 Å². The number of amides is 1. The number of likely N-dealkylation sites (N-methyl/N-ethyl adjacent to an activating group) is 1. The van der Waals surface area contributed by atoms with Crippen molar-refractivity contribution in [1.29, 1.82) is 0 Å². The molecule has 1 saturated heterocycles. The minimum atomic E-state index is 0.0410. The number of ether oxygens (including phenoxy) is 1. The van der Waals surface area contributed by atoms with E-state index in [1.807, 2.05) is 24.9 Å². The first-order valence-corrected chi connectivity index (χ1v) is 7.32. The van der Waals surface area contributed by atoms with E-state index in [9.17, 15) is 4.79 Å². The van der Waals surface area contributed by atoms with Crippen molar-refractivity contribution in [2.24, 2.45) is 0 Å². The molecule has 5 heteroatoms. The average Bonchev–Trinajstić information content (AvgIpc) is 2.46. The van der Waals surface area contributed by atoms with Gasteiger partial charge in [-0.05, 0) is 50.6 Å². The van der Waals surface area contributed by atoms with E-state index in [0.29, 0.717) is 16.8 Å². The van der Waals surface area contributed by atoms with Crippen LogP contribution in [0.1, 0.15) is 18.4 Å². The molecule has 0 aromatic heterocycles. The van der Waals surface area contributed by atoms with Crippen molar-refractivity contribution < 1.29 is 9.53 Å². The molecule has 0 aliphatic carbocycles. The summed E-state index contributed by atoms with van der Waals surface area (Å²) in [6.07, 6.45) is 2.16. The summed E-state index contributed by atoms with van der Waals surface area (Å²) in [6.45, 7) is 3.58. The fourth-order valence-electron chi connectivity index (χ4n) is 2.44. The van der Waals surface area contributed by atoms with Crippen LogP contribution >= 0.6 is 11.6 Å². The number of piperidine rings is 1. The van der Waals surface area contributed by atoms with Gasteiger partial charge in [-0.1, -0.05) is 11.6 Å². The number of nitrogens with one attached hydrogen (secondary N) is 1. The van der Waals surface area contributed by atoms with Gasteiger partial charge < -0.3 is 15.0 Å². The quantitative estimate of drug-likeness (QED) is 0.926. The predicted molar refractivity (Wildman–Crippen MR) is 80.3 cm³/mol. The molecular formula is C15H21ClN2O2. The van der Waals surface area contributed by atoms with E-state index >= 15 is 0 Å². The predicted octanol–water partition coefficient (Wildman–Crippen LogP) is 2.24. The minimum Gasteiger partial charge on any atom is -0.483 e. The van der Waals surface area contributed by atoms with E-state index < -0.39 is 0 Å². The Morgan fingerprint density at radius 3 is 3.05 bits per heavy atom. The van der Waals surface area contributed by atoms with Crippen molar-refractivity contribution in [3.63, 3.8) is 0 Å². The minimum absolute atomic E-state index is 0.0410. The van der Waals surface area contributed by atoms with Crippen LogP contribution in [0, 0.1) is 6.92 Å². The third-order valence-corrected chi connectivity index (χ3v) is 3.91. The number of hydrogen-bond acceptors (Lipinski definition) is 3. The largest absolute Gasteiger partial charge is 0.483 e. The zero-order chi connectivity index (χ0) is 14.5. The Labute approximate surface area is 125 Å². The molecule has 1 aromatic rings. The van der Waals surface area contributed by atoms with E-state index in [1.54, 1.807) is 12.1 Å². The summed E-state index contributed by atoms with van der Waals surface area (Å²) >= 11 is 5.90. The number of aryl methyl sites for hydroxylation is 1.